The van der Waals surface area contributed by atoms with Crippen LogP contribution in [0.3, 0.4) is 0 Å². The minimum Gasteiger partial charge on any atom is -0.453 e. The van der Waals surface area contributed by atoms with Gasteiger partial charge in [-0.3, -0.25) is 9.59 Å². The minimum absolute atomic E-state index is 0.0268. The Labute approximate surface area is 334 Å². The third-order valence-electron chi connectivity index (χ3n) is 10.6. The number of rotatable bonds is 11. The fraction of sp³-hybridized carbons (Fsp3) is 0.450. The fourth-order valence-electron chi connectivity index (χ4n) is 7.58. The van der Waals surface area contributed by atoms with E-state index in [1.54, 1.807) is 23.5 Å². The van der Waals surface area contributed by atoms with E-state index in [2.05, 4.69) is 61.7 Å². The normalized spacial score (nSPS) is 18.6. The Bertz CT molecular complexity index is 2100. The molecule has 0 spiro atoms. The molecule has 4 aromatic rings. The van der Waals surface area contributed by atoms with Crippen molar-refractivity contribution in [2.75, 3.05) is 33.9 Å². The van der Waals surface area contributed by atoms with Crippen LogP contribution in [-0.2, 0) is 19.1 Å². The molecule has 4 N–H and O–H groups in total. The van der Waals surface area contributed by atoms with Crippen molar-refractivity contribution >= 4 is 47.5 Å². The van der Waals surface area contributed by atoms with E-state index in [-0.39, 0.29) is 35.7 Å². The molecule has 2 aromatic heterocycles. The summed E-state index contributed by atoms with van der Waals surface area (Å²) in [5.41, 5.74) is 3.79. The molecule has 56 heavy (non-hydrogen) atoms. The maximum Gasteiger partial charge on any atom is 0.407 e. The fourth-order valence-corrected chi connectivity index (χ4v) is 9.86. The SMILES string of the molecule is COC(=O)NCC(C)CC(=O)N1CCCC1c1ncc(-c2ccc3c(c2)Sc2cc(-c4cnc(C5CCCN5C(=O)C(NC(=O)OC)C(C)C)[nH]4)ccc2S3)[nH]1. The van der Waals surface area contributed by atoms with E-state index in [1.807, 2.05) is 43.0 Å². The van der Waals surface area contributed by atoms with Crippen molar-refractivity contribution in [3.8, 4) is 22.5 Å². The Morgan fingerprint density at radius 2 is 1.32 bits per heavy atom. The van der Waals surface area contributed by atoms with Gasteiger partial charge in [0.2, 0.25) is 11.8 Å². The molecule has 0 radical (unpaired) electrons. The Kier molecular flexibility index (Phi) is 12.0. The number of nitrogens with zero attached hydrogens (tertiary/aromatic N) is 4. The molecule has 2 saturated heterocycles. The van der Waals surface area contributed by atoms with E-state index in [0.29, 0.717) is 26.1 Å². The first kappa shape index (κ1) is 39.3. The average molecular weight is 801 g/mol. The number of carbonyl (C=O) groups excluding carboxylic acids is 4. The Hall–Kier alpha value is -4.96. The molecular weight excluding hydrogens is 753 g/mol. The number of likely N-dealkylation sites (tertiary alicyclic amines) is 2. The molecule has 0 aliphatic carbocycles. The van der Waals surface area contributed by atoms with Gasteiger partial charge in [-0.2, -0.15) is 0 Å². The standard InChI is InChI=1S/C40H48N8O6S2/c1-22(2)35(46-40(52)54-5)38(50)48-15-7-9-29(48)37-42-21-27(45-37)25-11-13-31-33(18-25)56-32-17-24(10-12-30(32)55-31)26-20-41-36(44-26)28-8-6-14-47(28)34(49)16-23(3)19-43-39(51)53-4/h10-13,17-18,20-23,28-29,35H,6-9,14-16,19H2,1-5H3,(H,41,44)(H,42,45)(H,43,51)(H,46,52). The Morgan fingerprint density at radius 3 is 1.88 bits per heavy atom. The highest BCUT2D eigenvalue weighted by atomic mass is 32.2. The molecule has 7 rings (SSSR count). The molecule has 0 saturated carbocycles. The molecule has 4 unspecified atom stereocenters. The quantitative estimate of drug-likeness (QED) is 0.107. The lowest BCUT2D eigenvalue weighted by molar-refractivity contribution is -0.135. The number of H-pyrrole nitrogens is 2. The number of alkyl carbamates (subject to hydrolysis) is 2. The molecule has 3 aliphatic heterocycles. The van der Waals surface area contributed by atoms with Gasteiger partial charge in [-0.1, -0.05) is 56.4 Å². The number of methoxy groups -OCH3 is 2. The number of aromatic amines is 2. The average Bonchev–Trinajstić information content (AvgIpc) is 4.04. The van der Waals surface area contributed by atoms with Gasteiger partial charge in [-0.25, -0.2) is 19.6 Å². The van der Waals surface area contributed by atoms with E-state index >= 15 is 0 Å². The summed E-state index contributed by atoms with van der Waals surface area (Å²) in [6.45, 7) is 7.39. The summed E-state index contributed by atoms with van der Waals surface area (Å²) in [5.74, 6) is 1.29. The van der Waals surface area contributed by atoms with Crippen LogP contribution in [-0.4, -0.2) is 93.6 Å². The van der Waals surface area contributed by atoms with Crippen molar-refractivity contribution in [3.63, 3.8) is 0 Å². The number of benzene rings is 2. The molecule has 4 amide bonds. The summed E-state index contributed by atoms with van der Waals surface area (Å²) in [4.78, 5) is 75.2. The van der Waals surface area contributed by atoms with Crippen molar-refractivity contribution in [2.45, 2.75) is 90.6 Å². The van der Waals surface area contributed by atoms with Crippen LogP contribution < -0.4 is 10.6 Å². The number of ether oxygens (including phenoxy) is 2. The van der Waals surface area contributed by atoms with Crippen molar-refractivity contribution < 1.29 is 28.7 Å². The number of hydrogen-bond acceptors (Lipinski definition) is 10. The lowest BCUT2D eigenvalue weighted by atomic mass is 10.0. The van der Waals surface area contributed by atoms with Gasteiger partial charge in [0.15, 0.2) is 0 Å². The summed E-state index contributed by atoms with van der Waals surface area (Å²) >= 11 is 3.46. The van der Waals surface area contributed by atoms with Crippen molar-refractivity contribution in [1.29, 1.82) is 0 Å². The van der Waals surface area contributed by atoms with Crippen molar-refractivity contribution in [2.24, 2.45) is 11.8 Å². The van der Waals surface area contributed by atoms with E-state index in [9.17, 15) is 19.2 Å². The van der Waals surface area contributed by atoms with Crippen LogP contribution in [0.15, 0.2) is 68.4 Å². The lowest BCUT2D eigenvalue weighted by Gasteiger charge is -2.30. The zero-order chi connectivity index (χ0) is 39.5. The third-order valence-corrected chi connectivity index (χ3v) is 13.1. The predicted molar refractivity (Wildman–Crippen MR) is 212 cm³/mol. The first-order valence-corrected chi connectivity index (χ1v) is 20.7. The number of amides is 4. The number of hydrogen-bond donors (Lipinski definition) is 4. The van der Waals surface area contributed by atoms with Gasteiger partial charge in [-0.05, 0) is 61.8 Å². The van der Waals surface area contributed by atoms with Crippen LogP contribution in [0.2, 0.25) is 0 Å². The maximum absolute atomic E-state index is 13.6. The van der Waals surface area contributed by atoms with Crippen LogP contribution in [0.25, 0.3) is 22.5 Å². The molecule has 2 fully saturated rings. The predicted octanol–water partition coefficient (Wildman–Crippen LogP) is 7.17. The van der Waals surface area contributed by atoms with E-state index < -0.39 is 18.2 Å². The number of fused-ring (bicyclic) bond motifs is 2. The number of nitrogens with one attached hydrogen (secondary N) is 4. The third kappa shape index (κ3) is 8.41. The Morgan fingerprint density at radius 1 is 0.786 bits per heavy atom. The molecule has 2 aromatic carbocycles. The number of aromatic nitrogens is 4. The first-order valence-electron chi connectivity index (χ1n) is 19.0. The largest absolute Gasteiger partial charge is 0.453 e. The second-order valence-electron chi connectivity index (χ2n) is 14.9. The summed E-state index contributed by atoms with van der Waals surface area (Å²) in [6, 6.07) is 11.8. The molecule has 4 atom stereocenters. The van der Waals surface area contributed by atoms with Gasteiger partial charge in [0, 0.05) is 56.8 Å². The van der Waals surface area contributed by atoms with Crippen LogP contribution >= 0.6 is 23.5 Å². The van der Waals surface area contributed by atoms with E-state index in [1.165, 1.54) is 24.0 Å². The van der Waals surface area contributed by atoms with Crippen LogP contribution in [0, 0.1) is 11.8 Å². The zero-order valence-electron chi connectivity index (χ0n) is 32.2. The molecule has 0 bridgehead atoms. The first-order chi connectivity index (χ1) is 27.0. The topological polar surface area (TPSA) is 175 Å². The summed E-state index contributed by atoms with van der Waals surface area (Å²) in [5, 5.41) is 5.38. The van der Waals surface area contributed by atoms with E-state index in [4.69, 9.17) is 14.7 Å². The van der Waals surface area contributed by atoms with E-state index in [0.717, 1.165) is 69.6 Å². The summed E-state index contributed by atoms with van der Waals surface area (Å²) < 4.78 is 9.42. The summed E-state index contributed by atoms with van der Waals surface area (Å²) in [7, 11) is 2.62. The molecule has 14 nitrogen and oxygen atoms in total. The number of carbonyl (C=O) groups is 4. The zero-order valence-corrected chi connectivity index (χ0v) is 33.9. The van der Waals surface area contributed by atoms with Crippen LogP contribution in [0.1, 0.15) is 76.6 Å². The number of imidazole rings is 2. The van der Waals surface area contributed by atoms with Crippen molar-refractivity contribution in [1.82, 2.24) is 40.4 Å². The smallest absolute Gasteiger partial charge is 0.407 e. The van der Waals surface area contributed by atoms with Gasteiger partial charge >= 0.3 is 12.2 Å². The highest BCUT2D eigenvalue weighted by Crippen LogP contribution is 2.50. The Balaban J connectivity index is 1.02. The summed E-state index contributed by atoms with van der Waals surface area (Å²) in [6.07, 6.45) is 6.26. The van der Waals surface area contributed by atoms with Gasteiger partial charge in [0.05, 0.1) is 50.1 Å². The second kappa shape index (κ2) is 17.0. The molecule has 296 valence electrons. The molecule has 5 heterocycles. The monoisotopic (exact) mass is 800 g/mol. The maximum atomic E-state index is 13.6. The lowest BCUT2D eigenvalue weighted by Crippen LogP contribution is -2.51. The molecule has 3 aliphatic rings. The van der Waals surface area contributed by atoms with Crippen molar-refractivity contribution in [3.05, 3.63) is 60.4 Å². The second-order valence-corrected chi connectivity index (χ2v) is 17.0. The minimum atomic E-state index is -0.691. The van der Waals surface area contributed by atoms with Gasteiger partial charge in [-0.15, -0.1) is 0 Å². The van der Waals surface area contributed by atoms with Gasteiger partial charge in [0.25, 0.3) is 0 Å². The highest BCUT2D eigenvalue weighted by Gasteiger charge is 2.38. The van der Waals surface area contributed by atoms with Crippen LogP contribution in [0.4, 0.5) is 9.59 Å². The highest BCUT2D eigenvalue weighted by molar-refractivity contribution is 8.05. The molecule has 16 heteroatoms. The molecular formula is C40H48N8O6S2. The van der Waals surface area contributed by atoms with Gasteiger partial charge in [0.1, 0.15) is 17.7 Å². The van der Waals surface area contributed by atoms with Gasteiger partial charge < -0.3 is 39.9 Å². The van der Waals surface area contributed by atoms with Crippen LogP contribution in [0.5, 0.6) is 0 Å².